The predicted octanol–water partition coefficient (Wildman–Crippen LogP) is -1.53. The van der Waals surface area contributed by atoms with Crippen LogP contribution in [0.3, 0.4) is 0 Å². The van der Waals surface area contributed by atoms with Gasteiger partial charge in [0.2, 0.25) is 0 Å². The lowest BCUT2D eigenvalue weighted by Gasteiger charge is -2.20. The van der Waals surface area contributed by atoms with Crippen molar-refractivity contribution >= 4 is 11.9 Å². The first-order chi connectivity index (χ1) is 7.09. The van der Waals surface area contributed by atoms with Crippen LogP contribution in [-0.2, 0) is 6.54 Å². The maximum atomic E-state index is 11.3. The standard InChI is InChI=1S/C9H8N2O4.H2O/c12-5-3-6-8(13)10-1-2-11(6)7(4-5)9(14)15;/h3-4H,1-2H2,(H,10,13)(H,14,15);1H2. The van der Waals surface area contributed by atoms with Crippen molar-refractivity contribution in [2.45, 2.75) is 6.54 Å². The van der Waals surface area contributed by atoms with Crippen LogP contribution in [0.2, 0.25) is 0 Å². The van der Waals surface area contributed by atoms with Crippen LogP contribution in [0, 0.1) is 0 Å². The molecule has 4 N–H and O–H groups in total. The number of aromatic carboxylic acids is 1. The van der Waals surface area contributed by atoms with E-state index in [0.717, 1.165) is 12.1 Å². The normalized spacial score (nSPS) is 13.4. The fourth-order valence-corrected chi connectivity index (χ4v) is 1.57. The third-order valence-corrected chi connectivity index (χ3v) is 2.21. The monoisotopic (exact) mass is 226 g/mol. The summed E-state index contributed by atoms with van der Waals surface area (Å²) in [6, 6.07) is 2.16. The van der Waals surface area contributed by atoms with Crippen LogP contribution in [0.5, 0.6) is 0 Å². The summed E-state index contributed by atoms with van der Waals surface area (Å²) >= 11 is 0. The SMILES string of the molecule is O.O=C(O)c1cc(=O)cc2n1CCNC2=O. The van der Waals surface area contributed by atoms with Crippen LogP contribution >= 0.6 is 0 Å². The minimum absolute atomic E-state index is 0. The summed E-state index contributed by atoms with van der Waals surface area (Å²) in [5.41, 5.74) is -0.519. The minimum Gasteiger partial charge on any atom is -0.477 e. The molecule has 1 aromatic rings. The molecule has 0 atom stereocenters. The van der Waals surface area contributed by atoms with Gasteiger partial charge in [-0.2, -0.15) is 0 Å². The average Bonchev–Trinajstić information content (AvgIpc) is 2.18. The summed E-state index contributed by atoms with van der Waals surface area (Å²) in [6.07, 6.45) is 0. The number of hydrogen-bond donors (Lipinski definition) is 2. The molecule has 0 radical (unpaired) electrons. The van der Waals surface area contributed by atoms with Crippen molar-refractivity contribution in [3.05, 3.63) is 33.7 Å². The van der Waals surface area contributed by atoms with Crippen LogP contribution in [-0.4, -0.2) is 33.6 Å². The third kappa shape index (κ3) is 1.80. The molecule has 1 aliphatic rings. The number of carbonyl (C=O) groups excluding carboxylic acids is 1. The Morgan fingerprint density at radius 1 is 1.38 bits per heavy atom. The zero-order valence-electron chi connectivity index (χ0n) is 8.19. The molecule has 1 aliphatic heterocycles. The first-order valence-electron chi connectivity index (χ1n) is 4.36. The van der Waals surface area contributed by atoms with Gasteiger partial charge in [-0.05, 0) is 0 Å². The van der Waals surface area contributed by atoms with E-state index in [9.17, 15) is 14.4 Å². The van der Waals surface area contributed by atoms with E-state index in [2.05, 4.69) is 5.32 Å². The van der Waals surface area contributed by atoms with Gasteiger partial charge >= 0.3 is 5.97 Å². The van der Waals surface area contributed by atoms with Crippen molar-refractivity contribution in [1.82, 2.24) is 9.88 Å². The van der Waals surface area contributed by atoms with E-state index < -0.39 is 17.3 Å². The third-order valence-electron chi connectivity index (χ3n) is 2.21. The first kappa shape index (κ1) is 11.9. The quantitative estimate of drug-likeness (QED) is 0.603. The van der Waals surface area contributed by atoms with Crippen molar-refractivity contribution in [3.8, 4) is 0 Å². The number of fused-ring (bicyclic) bond motifs is 1. The van der Waals surface area contributed by atoms with Crippen molar-refractivity contribution < 1.29 is 20.2 Å². The van der Waals surface area contributed by atoms with Gasteiger partial charge in [0, 0.05) is 25.2 Å². The number of nitrogens with zero attached hydrogens (tertiary/aromatic N) is 1. The van der Waals surface area contributed by atoms with Gasteiger partial charge in [-0.1, -0.05) is 0 Å². The molecule has 1 amide bonds. The number of hydrogen-bond acceptors (Lipinski definition) is 3. The Hall–Kier alpha value is -2.15. The molecule has 0 aliphatic carbocycles. The topological polar surface area (TPSA) is 120 Å². The number of carbonyl (C=O) groups is 2. The average molecular weight is 226 g/mol. The fraction of sp³-hybridized carbons (Fsp3) is 0.222. The lowest BCUT2D eigenvalue weighted by Crippen LogP contribution is -2.39. The minimum atomic E-state index is -1.20. The zero-order chi connectivity index (χ0) is 11.0. The lowest BCUT2D eigenvalue weighted by atomic mass is 10.2. The van der Waals surface area contributed by atoms with E-state index in [1.807, 2.05) is 0 Å². The largest absolute Gasteiger partial charge is 0.477 e. The number of carboxylic acids is 1. The summed E-state index contributed by atoms with van der Waals surface area (Å²) in [4.78, 5) is 33.3. The molecule has 86 valence electrons. The Bertz CT molecular complexity index is 485. The molecule has 0 saturated heterocycles. The molecule has 16 heavy (non-hydrogen) atoms. The van der Waals surface area contributed by atoms with Crippen LogP contribution in [0.25, 0.3) is 0 Å². The van der Waals surface area contributed by atoms with Gasteiger partial charge in [0.05, 0.1) is 0 Å². The second-order valence-corrected chi connectivity index (χ2v) is 3.17. The van der Waals surface area contributed by atoms with Gasteiger partial charge in [-0.15, -0.1) is 0 Å². The van der Waals surface area contributed by atoms with Gasteiger partial charge < -0.3 is 20.5 Å². The van der Waals surface area contributed by atoms with E-state index in [4.69, 9.17) is 5.11 Å². The summed E-state index contributed by atoms with van der Waals surface area (Å²) in [7, 11) is 0. The van der Waals surface area contributed by atoms with E-state index in [-0.39, 0.29) is 16.9 Å². The van der Waals surface area contributed by atoms with E-state index in [1.54, 1.807) is 0 Å². The Morgan fingerprint density at radius 3 is 2.69 bits per heavy atom. The van der Waals surface area contributed by atoms with Crippen molar-refractivity contribution in [3.63, 3.8) is 0 Å². The summed E-state index contributed by atoms with van der Waals surface area (Å²) < 4.78 is 1.34. The maximum absolute atomic E-state index is 11.3. The highest BCUT2D eigenvalue weighted by Crippen LogP contribution is 2.07. The van der Waals surface area contributed by atoms with Crippen molar-refractivity contribution in [1.29, 1.82) is 0 Å². The molecule has 2 rings (SSSR count). The lowest BCUT2D eigenvalue weighted by molar-refractivity contribution is 0.0682. The molecule has 7 heteroatoms. The molecule has 0 unspecified atom stereocenters. The van der Waals surface area contributed by atoms with Gasteiger partial charge in [-0.25, -0.2) is 4.79 Å². The molecule has 2 heterocycles. The van der Waals surface area contributed by atoms with Gasteiger partial charge in [-0.3, -0.25) is 9.59 Å². The molecule has 7 nitrogen and oxygen atoms in total. The van der Waals surface area contributed by atoms with Crippen LogP contribution in [0.15, 0.2) is 16.9 Å². The molecule has 0 saturated carbocycles. The van der Waals surface area contributed by atoms with Gasteiger partial charge in [0.1, 0.15) is 11.4 Å². The maximum Gasteiger partial charge on any atom is 0.352 e. The number of nitrogens with one attached hydrogen (secondary N) is 1. The second-order valence-electron chi connectivity index (χ2n) is 3.17. The highest BCUT2D eigenvalue weighted by Gasteiger charge is 2.21. The van der Waals surface area contributed by atoms with E-state index >= 15 is 0 Å². The number of pyridine rings is 1. The molecular weight excluding hydrogens is 216 g/mol. The van der Waals surface area contributed by atoms with Gasteiger partial charge in [0.25, 0.3) is 5.91 Å². The number of amides is 1. The van der Waals surface area contributed by atoms with Crippen molar-refractivity contribution in [2.75, 3.05) is 6.54 Å². The number of rotatable bonds is 1. The van der Waals surface area contributed by atoms with Crippen LogP contribution in [0.4, 0.5) is 0 Å². The second kappa shape index (κ2) is 4.15. The molecule has 1 aromatic heterocycles. The first-order valence-corrected chi connectivity index (χ1v) is 4.36. The molecule has 0 fully saturated rings. The summed E-state index contributed by atoms with van der Waals surface area (Å²) in [5, 5.41) is 11.4. The molecule has 0 spiro atoms. The fourth-order valence-electron chi connectivity index (χ4n) is 1.57. The van der Waals surface area contributed by atoms with Gasteiger partial charge in [0.15, 0.2) is 5.43 Å². The smallest absolute Gasteiger partial charge is 0.352 e. The van der Waals surface area contributed by atoms with Crippen LogP contribution in [0.1, 0.15) is 21.0 Å². The Balaban J connectivity index is 0.00000128. The van der Waals surface area contributed by atoms with Crippen LogP contribution < -0.4 is 10.7 Å². The number of aromatic nitrogens is 1. The summed E-state index contributed by atoms with van der Waals surface area (Å²) in [6.45, 7) is 0.734. The van der Waals surface area contributed by atoms with E-state index in [0.29, 0.717) is 13.1 Å². The number of carboxylic acid groups (broad SMARTS) is 1. The molecular formula is C9H10N2O5. The summed E-state index contributed by atoms with van der Waals surface area (Å²) in [5.74, 6) is -1.62. The Labute approximate surface area is 89.6 Å². The zero-order valence-corrected chi connectivity index (χ0v) is 8.19. The molecule has 0 aromatic carbocycles. The Kier molecular flexibility index (Phi) is 3.09. The highest BCUT2D eigenvalue weighted by atomic mass is 16.4. The Morgan fingerprint density at radius 2 is 2.06 bits per heavy atom. The predicted molar refractivity (Wildman–Crippen MR) is 53.6 cm³/mol. The highest BCUT2D eigenvalue weighted by molar-refractivity contribution is 5.95. The molecule has 0 bridgehead atoms. The van der Waals surface area contributed by atoms with E-state index in [1.165, 1.54) is 4.57 Å². The van der Waals surface area contributed by atoms with Crippen molar-refractivity contribution in [2.24, 2.45) is 0 Å².